The number of aliphatic hydroxyl groups excluding tert-OH is 1. The molecular weight excluding hydrogens is 262 g/mol. The van der Waals surface area contributed by atoms with E-state index in [1.807, 2.05) is 0 Å². The quantitative estimate of drug-likeness (QED) is 0.685. The second kappa shape index (κ2) is 6.51. The first-order valence-corrected chi connectivity index (χ1v) is 6.83. The number of nitrogens with one attached hydrogen (secondary N) is 2. The fraction of sp³-hybridized carbons (Fsp3) is 0.615. The highest BCUT2D eigenvalue weighted by Crippen LogP contribution is 2.17. The minimum atomic E-state index is -0.616. The van der Waals surface area contributed by atoms with Gasteiger partial charge < -0.3 is 15.0 Å². The zero-order valence-electron chi connectivity index (χ0n) is 11.2. The Morgan fingerprint density at radius 1 is 1.30 bits per heavy atom. The molecular formula is C13H19N3O4. The van der Waals surface area contributed by atoms with Crippen LogP contribution < -0.4 is 11.2 Å². The maximum absolute atomic E-state index is 12.3. The van der Waals surface area contributed by atoms with Crippen molar-refractivity contribution in [3.8, 4) is 0 Å². The molecule has 3 N–H and O–H groups in total. The van der Waals surface area contributed by atoms with Crippen LogP contribution in [0.3, 0.4) is 0 Å². The summed E-state index contributed by atoms with van der Waals surface area (Å²) in [5.41, 5.74) is -0.842. The highest BCUT2D eigenvalue weighted by Gasteiger charge is 2.24. The number of carbonyl (C=O) groups excluding carboxylic acids is 1. The standard InChI is InChI=1S/C13H19N3O4/c17-8-10-4-2-1-3-5-16(10)12(19)7-9-6-11(18)15-13(20)14-9/h6,10,17H,1-5,7-8H2,(H2,14,15,18,20). The largest absolute Gasteiger partial charge is 0.394 e. The number of aliphatic hydroxyl groups is 1. The minimum absolute atomic E-state index is 0.0321. The predicted molar refractivity (Wildman–Crippen MR) is 72.4 cm³/mol. The smallest absolute Gasteiger partial charge is 0.325 e. The topological polar surface area (TPSA) is 106 Å². The van der Waals surface area contributed by atoms with Crippen molar-refractivity contribution in [3.05, 3.63) is 32.6 Å². The lowest BCUT2D eigenvalue weighted by Gasteiger charge is -2.28. The molecule has 1 amide bonds. The summed E-state index contributed by atoms with van der Waals surface area (Å²) >= 11 is 0. The summed E-state index contributed by atoms with van der Waals surface area (Å²) < 4.78 is 0. The van der Waals surface area contributed by atoms with Crippen LogP contribution in [0.5, 0.6) is 0 Å². The molecule has 7 heteroatoms. The summed E-state index contributed by atoms with van der Waals surface area (Å²) in [6.45, 7) is 0.551. The minimum Gasteiger partial charge on any atom is -0.394 e. The van der Waals surface area contributed by atoms with Gasteiger partial charge in [-0.2, -0.15) is 0 Å². The summed E-state index contributed by atoms with van der Waals surface area (Å²) in [5, 5.41) is 9.38. The number of aromatic nitrogens is 2. The normalized spacial score (nSPS) is 19.6. The van der Waals surface area contributed by atoms with Crippen LogP contribution in [0.4, 0.5) is 0 Å². The SMILES string of the molecule is O=C(Cc1cc(=O)[nH]c(=O)[nH]1)N1CCCCCC1CO. The van der Waals surface area contributed by atoms with E-state index in [0.717, 1.165) is 25.7 Å². The number of hydrogen-bond acceptors (Lipinski definition) is 4. The van der Waals surface area contributed by atoms with E-state index in [2.05, 4.69) is 9.97 Å². The highest BCUT2D eigenvalue weighted by atomic mass is 16.3. The van der Waals surface area contributed by atoms with Crippen LogP contribution in [0, 0.1) is 0 Å². The molecule has 20 heavy (non-hydrogen) atoms. The lowest BCUT2D eigenvalue weighted by molar-refractivity contribution is -0.133. The van der Waals surface area contributed by atoms with Gasteiger partial charge in [0.1, 0.15) is 0 Å². The van der Waals surface area contributed by atoms with E-state index in [0.29, 0.717) is 12.2 Å². The van der Waals surface area contributed by atoms with Crippen LogP contribution in [-0.4, -0.2) is 45.1 Å². The van der Waals surface area contributed by atoms with E-state index < -0.39 is 11.2 Å². The van der Waals surface area contributed by atoms with Crippen molar-refractivity contribution >= 4 is 5.91 Å². The molecule has 0 bridgehead atoms. The number of rotatable bonds is 3. The third-order valence-corrected chi connectivity index (χ3v) is 3.57. The number of amides is 1. The zero-order valence-corrected chi connectivity index (χ0v) is 11.2. The predicted octanol–water partition coefficient (Wildman–Crippen LogP) is -0.631. The van der Waals surface area contributed by atoms with Gasteiger partial charge in [-0.05, 0) is 12.8 Å². The molecule has 2 heterocycles. The van der Waals surface area contributed by atoms with Gasteiger partial charge in [-0.15, -0.1) is 0 Å². The number of carbonyl (C=O) groups is 1. The van der Waals surface area contributed by atoms with E-state index in [-0.39, 0.29) is 25.0 Å². The number of H-pyrrole nitrogens is 2. The molecule has 2 rings (SSSR count). The van der Waals surface area contributed by atoms with E-state index in [1.165, 1.54) is 6.07 Å². The number of nitrogens with zero attached hydrogens (tertiary/aromatic N) is 1. The molecule has 0 aliphatic carbocycles. The maximum atomic E-state index is 12.3. The molecule has 1 aromatic heterocycles. The first kappa shape index (κ1) is 14.5. The third kappa shape index (κ3) is 3.57. The Kier molecular flexibility index (Phi) is 4.73. The van der Waals surface area contributed by atoms with Crippen LogP contribution in [0.1, 0.15) is 31.4 Å². The lowest BCUT2D eigenvalue weighted by Crippen LogP contribution is -2.43. The van der Waals surface area contributed by atoms with E-state index in [9.17, 15) is 19.5 Å². The van der Waals surface area contributed by atoms with Gasteiger partial charge in [0.05, 0.1) is 19.1 Å². The Morgan fingerprint density at radius 3 is 2.80 bits per heavy atom. The molecule has 1 saturated heterocycles. The Bertz CT molecular complexity index is 549. The summed E-state index contributed by atoms with van der Waals surface area (Å²) in [6, 6.07) is 1.05. The first-order chi connectivity index (χ1) is 9.60. The molecule has 1 fully saturated rings. The summed E-state index contributed by atoms with van der Waals surface area (Å²) in [7, 11) is 0. The molecule has 1 aliphatic heterocycles. The van der Waals surface area contributed by atoms with Gasteiger partial charge in [0.2, 0.25) is 5.91 Å². The fourth-order valence-corrected chi connectivity index (χ4v) is 2.57. The molecule has 0 saturated carbocycles. The van der Waals surface area contributed by atoms with Crippen molar-refractivity contribution in [2.75, 3.05) is 13.2 Å². The molecule has 1 atom stereocenters. The van der Waals surface area contributed by atoms with Crippen LogP contribution in [0.15, 0.2) is 15.7 Å². The van der Waals surface area contributed by atoms with Gasteiger partial charge >= 0.3 is 5.69 Å². The van der Waals surface area contributed by atoms with Crippen molar-refractivity contribution in [2.45, 2.75) is 38.1 Å². The van der Waals surface area contributed by atoms with Gasteiger partial charge in [0.15, 0.2) is 0 Å². The molecule has 110 valence electrons. The summed E-state index contributed by atoms with van der Waals surface area (Å²) in [4.78, 5) is 40.8. The fourth-order valence-electron chi connectivity index (χ4n) is 2.57. The first-order valence-electron chi connectivity index (χ1n) is 6.83. The van der Waals surface area contributed by atoms with E-state index >= 15 is 0 Å². The maximum Gasteiger partial charge on any atom is 0.325 e. The van der Waals surface area contributed by atoms with Crippen molar-refractivity contribution in [1.29, 1.82) is 0 Å². The van der Waals surface area contributed by atoms with Gasteiger partial charge in [-0.25, -0.2) is 4.79 Å². The van der Waals surface area contributed by atoms with Crippen molar-refractivity contribution in [2.24, 2.45) is 0 Å². The van der Waals surface area contributed by atoms with E-state index in [4.69, 9.17) is 0 Å². The Morgan fingerprint density at radius 2 is 2.10 bits per heavy atom. The van der Waals surface area contributed by atoms with Crippen LogP contribution in [0.25, 0.3) is 0 Å². The monoisotopic (exact) mass is 281 g/mol. The highest BCUT2D eigenvalue weighted by molar-refractivity contribution is 5.78. The van der Waals surface area contributed by atoms with Gasteiger partial charge in [0.25, 0.3) is 5.56 Å². The lowest BCUT2D eigenvalue weighted by atomic mass is 10.1. The third-order valence-electron chi connectivity index (χ3n) is 3.57. The number of aromatic amines is 2. The Labute approximate surface area is 115 Å². The average Bonchev–Trinajstić information content (AvgIpc) is 2.62. The molecule has 1 unspecified atom stereocenters. The second-order valence-corrected chi connectivity index (χ2v) is 5.06. The molecule has 0 spiro atoms. The van der Waals surface area contributed by atoms with E-state index in [1.54, 1.807) is 4.90 Å². The molecule has 1 aromatic rings. The number of hydrogen-bond donors (Lipinski definition) is 3. The van der Waals surface area contributed by atoms with Crippen LogP contribution >= 0.6 is 0 Å². The molecule has 1 aliphatic rings. The van der Waals surface area contributed by atoms with Crippen LogP contribution in [-0.2, 0) is 11.2 Å². The molecule has 0 radical (unpaired) electrons. The average molecular weight is 281 g/mol. The zero-order chi connectivity index (χ0) is 14.5. The molecule has 0 aromatic carbocycles. The number of likely N-dealkylation sites (tertiary alicyclic amines) is 1. The van der Waals surface area contributed by atoms with Crippen LogP contribution in [0.2, 0.25) is 0 Å². The Balaban J connectivity index is 2.13. The summed E-state index contributed by atoms with van der Waals surface area (Å²) in [5.74, 6) is -0.174. The van der Waals surface area contributed by atoms with Crippen molar-refractivity contribution in [3.63, 3.8) is 0 Å². The second-order valence-electron chi connectivity index (χ2n) is 5.06. The van der Waals surface area contributed by atoms with Gasteiger partial charge in [-0.1, -0.05) is 12.8 Å². The van der Waals surface area contributed by atoms with Crippen molar-refractivity contribution in [1.82, 2.24) is 14.9 Å². The van der Waals surface area contributed by atoms with Crippen molar-refractivity contribution < 1.29 is 9.90 Å². The van der Waals surface area contributed by atoms with Gasteiger partial charge in [-0.3, -0.25) is 14.6 Å². The summed E-state index contributed by atoms with van der Waals surface area (Å²) in [6.07, 6.45) is 3.71. The van der Waals surface area contributed by atoms with Gasteiger partial charge in [0, 0.05) is 18.3 Å². The molecule has 7 nitrogen and oxygen atoms in total. The Hall–Kier alpha value is -1.89.